The van der Waals surface area contributed by atoms with Crippen LogP contribution < -0.4 is 4.72 Å². The van der Waals surface area contributed by atoms with Crippen LogP contribution in [0.1, 0.15) is 25.3 Å². The Balaban J connectivity index is 2.08. The normalized spacial score (nSPS) is 20.1. The molecule has 1 saturated heterocycles. The third-order valence-corrected chi connectivity index (χ3v) is 4.49. The molecule has 1 atom stereocenters. The van der Waals surface area contributed by atoms with Gasteiger partial charge in [-0.25, -0.2) is 8.42 Å². The summed E-state index contributed by atoms with van der Waals surface area (Å²) >= 11 is 0. The van der Waals surface area contributed by atoms with Gasteiger partial charge >= 0.3 is 0 Å². The number of nitrogens with zero attached hydrogens (tertiary/aromatic N) is 1. The van der Waals surface area contributed by atoms with Crippen LogP contribution in [0.3, 0.4) is 0 Å². The second kappa shape index (κ2) is 6.23. The lowest BCUT2D eigenvalue weighted by Crippen LogP contribution is -2.25. The van der Waals surface area contributed by atoms with Crippen molar-refractivity contribution in [2.24, 2.45) is 5.16 Å². The number of oxime groups is 1. The lowest BCUT2D eigenvalue weighted by atomic mass is 10.1. The fraction of sp³-hybridized carbons (Fsp3) is 0.462. The van der Waals surface area contributed by atoms with Crippen LogP contribution in [0.5, 0.6) is 0 Å². The molecule has 2 N–H and O–H groups in total. The highest BCUT2D eigenvalue weighted by molar-refractivity contribution is 7.92. The molecule has 1 aromatic rings. The molecule has 1 aliphatic heterocycles. The molecule has 2 rings (SSSR count). The zero-order valence-electron chi connectivity index (χ0n) is 11.2. The molecule has 1 aliphatic rings. The zero-order valence-corrected chi connectivity index (χ0v) is 12.1. The fourth-order valence-electron chi connectivity index (χ4n) is 2.11. The highest BCUT2D eigenvalue weighted by atomic mass is 32.2. The maximum absolute atomic E-state index is 12.0. The highest BCUT2D eigenvalue weighted by Gasteiger charge is 2.23. The lowest BCUT2D eigenvalue weighted by Gasteiger charge is -2.12. The Bertz CT molecular complexity index is 592. The zero-order chi connectivity index (χ0) is 14.6. The van der Waals surface area contributed by atoms with Crippen molar-refractivity contribution in [1.29, 1.82) is 0 Å². The van der Waals surface area contributed by atoms with Gasteiger partial charge in [0.05, 0.1) is 17.6 Å². The largest absolute Gasteiger partial charge is 0.411 e. The minimum Gasteiger partial charge on any atom is -0.411 e. The van der Waals surface area contributed by atoms with Crippen molar-refractivity contribution in [2.75, 3.05) is 17.1 Å². The Morgan fingerprint density at radius 1 is 1.55 bits per heavy atom. The van der Waals surface area contributed by atoms with Crippen LogP contribution in [0.2, 0.25) is 0 Å². The summed E-state index contributed by atoms with van der Waals surface area (Å²) in [6, 6.07) is 6.73. The van der Waals surface area contributed by atoms with Crippen molar-refractivity contribution in [2.45, 2.75) is 25.9 Å². The van der Waals surface area contributed by atoms with Crippen molar-refractivity contribution < 1.29 is 18.4 Å². The van der Waals surface area contributed by atoms with E-state index in [1.807, 2.05) is 0 Å². The Morgan fingerprint density at radius 3 is 3.00 bits per heavy atom. The number of nitrogens with one attached hydrogen (secondary N) is 1. The number of hydrogen-bond donors (Lipinski definition) is 2. The summed E-state index contributed by atoms with van der Waals surface area (Å²) in [5.41, 5.74) is 1.53. The monoisotopic (exact) mass is 298 g/mol. The summed E-state index contributed by atoms with van der Waals surface area (Å²) in [6.45, 7) is 2.27. The molecule has 0 radical (unpaired) electrons. The van der Waals surface area contributed by atoms with Crippen LogP contribution >= 0.6 is 0 Å². The molecule has 20 heavy (non-hydrogen) atoms. The van der Waals surface area contributed by atoms with E-state index in [0.29, 0.717) is 23.6 Å². The van der Waals surface area contributed by atoms with E-state index < -0.39 is 10.0 Å². The van der Waals surface area contributed by atoms with Crippen LogP contribution in [0.25, 0.3) is 0 Å². The van der Waals surface area contributed by atoms with E-state index in [9.17, 15) is 8.42 Å². The van der Waals surface area contributed by atoms with Crippen LogP contribution in [0, 0.1) is 0 Å². The van der Waals surface area contributed by atoms with Gasteiger partial charge in [-0.05, 0) is 31.9 Å². The summed E-state index contributed by atoms with van der Waals surface area (Å²) in [6.07, 6.45) is 1.45. The number of sulfonamides is 1. The van der Waals surface area contributed by atoms with Gasteiger partial charge in [-0.1, -0.05) is 17.3 Å². The van der Waals surface area contributed by atoms with Crippen molar-refractivity contribution in [3.05, 3.63) is 29.8 Å². The van der Waals surface area contributed by atoms with Gasteiger partial charge in [-0.15, -0.1) is 0 Å². The molecule has 1 heterocycles. The minimum atomic E-state index is -3.44. The summed E-state index contributed by atoms with van der Waals surface area (Å²) in [5.74, 6) is -0.0374. The van der Waals surface area contributed by atoms with E-state index in [1.54, 1.807) is 31.2 Å². The predicted molar refractivity (Wildman–Crippen MR) is 76.8 cm³/mol. The smallest absolute Gasteiger partial charge is 0.235 e. The molecule has 1 aromatic carbocycles. The molecule has 0 saturated carbocycles. The van der Waals surface area contributed by atoms with E-state index in [2.05, 4.69) is 9.88 Å². The Hall–Kier alpha value is -1.60. The van der Waals surface area contributed by atoms with Crippen LogP contribution in [-0.2, 0) is 14.8 Å². The molecule has 0 bridgehead atoms. The minimum absolute atomic E-state index is 0.0374. The molecular weight excluding hydrogens is 280 g/mol. The molecule has 1 fully saturated rings. The van der Waals surface area contributed by atoms with Crippen molar-refractivity contribution in [3.8, 4) is 0 Å². The van der Waals surface area contributed by atoms with Gasteiger partial charge in [0.2, 0.25) is 10.0 Å². The topological polar surface area (TPSA) is 88.0 Å². The van der Waals surface area contributed by atoms with Gasteiger partial charge in [0.1, 0.15) is 0 Å². The van der Waals surface area contributed by atoms with Gasteiger partial charge in [-0.2, -0.15) is 0 Å². The molecule has 110 valence electrons. The maximum atomic E-state index is 12.0. The SMILES string of the molecule is CC(=NO)c1cccc(NS(=O)(=O)CC2CCCO2)c1. The summed E-state index contributed by atoms with van der Waals surface area (Å²) in [4.78, 5) is 0. The average molecular weight is 298 g/mol. The first-order chi connectivity index (χ1) is 9.50. The first kappa shape index (κ1) is 14.8. The molecule has 1 unspecified atom stereocenters. The van der Waals surface area contributed by atoms with E-state index in [0.717, 1.165) is 12.8 Å². The first-order valence-electron chi connectivity index (χ1n) is 6.41. The van der Waals surface area contributed by atoms with E-state index >= 15 is 0 Å². The number of hydrogen-bond acceptors (Lipinski definition) is 5. The molecule has 6 nitrogen and oxygen atoms in total. The van der Waals surface area contributed by atoms with E-state index in [1.165, 1.54) is 0 Å². The van der Waals surface area contributed by atoms with Gasteiger partial charge in [0.25, 0.3) is 0 Å². The standard InChI is InChI=1S/C13H18N2O4S/c1-10(14-16)11-4-2-5-12(8-11)15-20(17,18)9-13-6-3-7-19-13/h2,4-5,8,13,15-16H,3,6-7,9H2,1H3. The van der Waals surface area contributed by atoms with Gasteiger partial charge < -0.3 is 9.94 Å². The predicted octanol–water partition coefficient (Wildman–Crippen LogP) is 1.81. The Kier molecular flexibility index (Phi) is 4.61. The van der Waals surface area contributed by atoms with Crippen molar-refractivity contribution >= 4 is 21.4 Å². The van der Waals surface area contributed by atoms with Gasteiger partial charge in [0, 0.05) is 17.9 Å². The molecule has 0 aliphatic carbocycles. The molecule has 0 amide bonds. The summed E-state index contributed by atoms with van der Waals surface area (Å²) in [5, 5.41) is 11.8. The number of anilines is 1. The Morgan fingerprint density at radius 2 is 2.35 bits per heavy atom. The molecule has 0 spiro atoms. The second-order valence-electron chi connectivity index (χ2n) is 4.78. The number of ether oxygens (including phenoxy) is 1. The summed E-state index contributed by atoms with van der Waals surface area (Å²) < 4.78 is 31.9. The quantitative estimate of drug-likeness (QED) is 0.493. The van der Waals surface area contributed by atoms with Crippen LogP contribution in [-0.4, -0.2) is 37.8 Å². The van der Waals surface area contributed by atoms with Crippen LogP contribution in [0.15, 0.2) is 29.4 Å². The van der Waals surface area contributed by atoms with Crippen molar-refractivity contribution in [3.63, 3.8) is 0 Å². The number of benzene rings is 1. The van der Waals surface area contributed by atoms with E-state index in [4.69, 9.17) is 9.94 Å². The van der Waals surface area contributed by atoms with Gasteiger partial charge in [0.15, 0.2) is 0 Å². The Labute approximate surface area is 118 Å². The maximum Gasteiger partial charge on any atom is 0.235 e. The summed E-state index contributed by atoms with van der Waals surface area (Å²) in [7, 11) is -3.44. The lowest BCUT2D eigenvalue weighted by molar-refractivity contribution is 0.127. The third-order valence-electron chi connectivity index (χ3n) is 3.13. The van der Waals surface area contributed by atoms with Gasteiger partial charge in [-0.3, -0.25) is 4.72 Å². The van der Waals surface area contributed by atoms with E-state index in [-0.39, 0.29) is 11.9 Å². The third kappa shape index (κ3) is 3.94. The molecule has 7 heteroatoms. The second-order valence-corrected chi connectivity index (χ2v) is 6.55. The number of rotatable bonds is 5. The molecular formula is C13H18N2O4S. The fourth-order valence-corrected chi connectivity index (χ4v) is 3.43. The highest BCUT2D eigenvalue weighted by Crippen LogP contribution is 2.17. The van der Waals surface area contributed by atoms with Crippen molar-refractivity contribution in [1.82, 2.24) is 0 Å². The first-order valence-corrected chi connectivity index (χ1v) is 8.06. The van der Waals surface area contributed by atoms with Crippen LogP contribution in [0.4, 0.5) is 5.69 Å². The molecule has 0 aromatic heterocycles. The average Bonchev–Trinajstić information content (AvgIpc) is 2.89.